The quantitative estimate of drug-likeness (QED) is 0.367. The van der Waals surface area contributed by atoms with Crippen LogP contribution in [-0.4, -0.2) is 38.1 Å². The van der Waals surface area contributed by atoms with Crippen LogP contribution in [0.4, 0.5) is 0 Å². The average molecular weight is 205 g/mol. The summed E-state index contributed by atoms with van der Waals surface area (Å²) in [5.74, 6) is -0.559. The number of carbonyl (C=O) groups is 1. The zero-order chi connectivity index (χ0) is 11.0. The van der Waals surface area contributed by atoms with Crippen LogP contribution in [0.15, 0.2) is 0 Å². The molecule has 1 atom stereocenters. The van der Waals surface area contributed by atoms with Gasteiger partial charge in [-0.2, -0.15) is 0 Å². The Labute approximate surface area is 84.5 Å². The van der Waals surface area contributed by atoms with Crippen molar-refractivity contribution in [2.75, 3.05) is 26.4 Å². The van der Waals surface area contributed by atoms with Gasteiger partial charge < -0.3 is 14.2 Å². The predicted molar refractivity (Wildman–Crippen MR) is 51.7 cm³/mol. The molecule has 0 aromatic heterocycles. The molecule has 0 radical (unpaired) electrons. The van der Waals surface area contributed by atoms with Gasteiger partial charge in [-0.05, 0) is 20.8 Å². The summed E-state index contributed by atoms with van der Waals surface area (Å²) >= 11 is 0. The van der Waals surface area contributed by atoms with Crippen molar-refractivity contribution < 1.29 is 19.0 Å². The fourth-order valence-corrected chi connectivity index (χ4v) is 0.790. The number of hydrogen-bond acceptors (Lipinski definition) is 5. The summed E-state index contributed by atoms with van der Waals surface area (Å²) < 4.78 is 14.9. The summed E-state index contributed by atoms with van der Waals surface area (Å²) in [5, 5.41) is 0. The number of ether oxygens (including phenoxy) is 3. The number of rotatable bonds is 7. The number of carbonyl (C=O) groups excluding carboxylic acids is 1. The third-order valence-corrected chi connectivity index (χ3v) is 1.51. The van der Waals surface area contributed by atoms with E-state index in [0.29, 0.717) is 19.8 Å². The molecule has 0 aromatic carbocycles. The fraction of sp³-hybridized carbons (Fsp3) is 0.889. The maximum absolute atomic E-state index is 11.2. The van der Waals surface area contributed by atoms with Crippen LogP contribution in [0.5, 0.6) is 0 Å². The lowest BCUT2D eigenvalue weighted by Crippen LogP contribution is -2.49. The summed E-state index contributed by atoms with van der Waals surface area (Å²) in [6.45, 7) is 6.67. The van der Waals surface area contributed by atoms with Crippen molar-refractivity contribution in [1.82, 2.24) is 0 Å². The van der Waals surface area contributed by atoms with Crippen LogP contribution >= 0.6 is 0 Å². The van der Waals surface area contributed by atoms with Crippen molar-refractivity contribution >= 4 is 5.97 Å². The molecule has 2 N–H and O–H groups in total. The molecule has 0 aliphatic rings. The van der Waals surface area contributed by atoms with Crippen LogP contribution in [0.1, 0.15) is 20.8 Å². The second kappa shape index (κ2) is 6.75. The van der Waals surface area contributed by atoms with Gasteiger partial charge >= 0.3 is 5.97 Å². The SMILES string of the molecule is CCOCCO[C@@](C)(N)C(=O)OCC. The highest BCUT2D eigenvalue weighted by molar-refractivity contribution is 5.78. The Morgan fingerprint density at radius 2 is 1.93 bits per heavy atom. The second-order valence-electron chi connectivity index (χ2n) is 2.87. The fourth-order valence-electron chi connectivity index (χ4n) is 0.790. The molecule has 0 rings (SSSR count). The molecule has 0 aromatic rings. The molecule has 0 amide bonds. The highest BCUT2D eigenvalue weighted by Gasteiger charge is 2.30. The molecule has 0 spiro atoms. The number of nitrogens with two attached hydrogens (primary N) is 1. The van der Waals surface area contributed by atoms with Crippen LogP contribution in [-0.2, 0) is 19.0 Å². The number of esters is 1. The van der Waals surface area contributed by atoms with E-state index in [1.54, 1.807) is 6.92 Å². The van der Waals surface area contributed by atoms with Crippen LogP contribution in [0.3, 0.4) is 0 Å². The Morgan fingerprint density at radius 3 is 2.43 bits per heavy atom. The van der Waals surface area contributed by atoms with Crippen molar-refractivity contribution in [2.24, 2.45) is 5.73 Å². The summed E-state index contributed by atoms with van der Waals surface area (Å²) in [6.07, 6.45) is 0. The highest BCUT2D eigenvalue weighted by atomic mass is 16.6. The van der Waals surface area contributed by atoms with Gasteiger partial charge in [0.2, 0.25) is 5.72 Å². The highest BCUT2D eigenvalue weighted by Crippen LogP contribution is 2.04. The van der Waals surface area contributed by atoms with E-state index in [1.165, 1.54) is 6.92 Å². The Morgan fingerprint density at radius 1 is 1.29 bits per heavy atom. The Kier molecular flexibility index (Phi) is 6.44. The van der Waals surface area contributed by atoms with E-state index in [-0.39, 0.29) is 6.61 Å². The topological polar surface area (TPSA) is 70.8 Å². The third kappa shape index (κ3) is 5.16. The minimum absolute atomic E-state index is 0.277. The molecule has 0 saturated heterocycles. The molecule has 5 nitrogen and oxygen atoms in total. The van der Waals surface area contributed by atoms with Gasteiger partial charge in [0.1, 0.15) is 0 Å². The van der Waals surface area contributed by atoms with Crippen molar-refractivity contribution in [1.29, 1.82) is 0 Å². The molecule has 0 aliphatic heterocycles. The Bertz CT molecular complexity index is 170. The lowest BCUT2D eigenvalue weighted by atomic mass is 10.3. The lowest BCUT2D eigenvalue weighted by molar-refractivity contribution is -0.170. The van der Waals surface area contributed by atoms with E-state index >= 15 is 0 Å². The second-order valence-corrected chi connectivity index (χ2v) is 2.87. The molecule has 0 heterocycles. The molecule has 14 heavy (non-hydrogen) atoms. The normalized spacial score (nSPS) is 14.9. The first-order valence-electron chi connectivity index (χ1n) is 4.72. The predicted octanol–water partition coefficient (Wildman–Crippen LogP) is 0.277. The number of hydrogen-bond donors (Lipinski definition) is 1. The van der Waals surface area contributed by atoms with Gasteiger partial charge in [-0.3, -0.25) is 5.73 Å². The van der Waals surface area contributed by atoms with Crippen LogP contribution in [0, 0.1) is 0 Å². The molecule has 0 unspecified atom stereocenters. The maximum atomic E-state index is 11.2. The lowest BCUT2D eigenvalue weighted by Gasteiger charge is -2.22. The van der Waals surface area contributed by atoms with Gasteiger partial charge in [0.15, 0.2) is 0 Å². The van der Waals surface area contributed by atoms with Gasteiger partial charge in [0, 0.05) is 6.61 Å². The van der Waals surface area contributed by atoms with Gasteiger partial charge in [0.05, 0.1) is 19.8 Å². The molecule has 5 heteroatoms. The van der Waals surface area contributed by atoms with Crippen molar-refractivity contribution in [3.63, 3.8) is 0 Å². The molecule has 0 saturated carbocycles. The van der Waals surface area contributed by atoms with Crippen molar-refractivity contribution in [3.05, 3.63) is 0 Å². The molecule has 84 valence electrons. The zero-order valence-electron chi connectivity index (χ0n) is 9.04. The van der Waals surface area contributed by atoms with Gasteiger partial charge in [-0.1, -0.05) is 0 Å². The molecular weight excluding hydrogens is 186 g/mol. The van der Waals surface area contributed by atoms with Crippen LogP contribution in [0.2, 0.25) is 0 Å². The Hall–Kier alpha value is -0.650. The summed E-state index contributed by atoms with van der Waals surface area (Å²) in [4.78, 5) is 11.2. The first-order chi connectivity index (χ1) is 6.54. The van der Waals surface area contributed by atoms with E-state index < -0.39 is 11.7 Å². The standard InChI is InChI=1S/C9H19NO4/c1-4-12-6-7-14-9(3,10)8(11)13-5-2/h4-7,10H2,1-3H3/t9-/m1/s1. The smallest absolute Gasteiger partial charge is 0.353 e. The van der Waals surface area contributed by atoms with E-state index in [2.05, 4.69) is 0 Å². The van der Waals surface area contributed by atoms with Crippen molar-refractivity contribution in [3.8, 4) is 0 Å². The van der Waals surface area contributed by atoms with Crippen LogP contribution in [0.25, 0.3) is 0 Å². The monoisotopic (exact) mass is 205 g/mol. The summed E-state index contributed by atoms with van der Waals surface area (Å²) in [5.41, 5.74) is 4.19. The van der Waals surface area contributed by atoms with E-state index in [1.807, 2.05) is 6.92 Å². The minimum Gasteiger partial charge on any atom is -0.463 e. The molecule has 0 aliphatic carbocycles. The molecular formula is C9H19NO4. The van der Waals surface area contributed by atoms with Crippen LogP contribution < -0.4 is 5.73 Å². The van der Waals surface area contributed by atoms with Gasteiger partial charge in [-0.25, -0.2) is 4.79 Å². The third-order valence-electron chi connectivity index (χ3n) is 1.51. The first-order valence-corrected chi connectivity index (χ1v) is 4.72. The van der Waals surface area contributed by atoms with Crippen molar-refractivity contribution in [2.45, 2.75) is 26.5 Å². The zero-order valence-corrected chi connectivity index (χ0v) is 9.04. The van der Waals surface area contributed by atoms with E-state index in [0.717, 1.165) is 0 Å². The molecule has 0 bridgehead atoms. The first kappa shape index (κ1) is 13.4. The molecule has 0 fully saturated rings. The average Bonchev–Trinajstić information content (AvgIpc) is 2.13. The largest absolute Gasteiger partial charge is 0.463 e. The van der Waals surface area contributed by atoms with E-state index in [9.17, 15) is 4.79 Å². The summed E-state index contributed by atoms with van der Waals surface area (Å²) in [7, 11) is 0. The van der Waals surface area contributed by atoms with Gasteiger partial charge in [-0.15, -0.1) is 0 Å². The maximum Gasteiger partial charge on any atom is 0.353 e. The Balaban J connectivity index is 3.76. The van der Waals surface area contributed by atoms with Gasteiger partial charge in [0.25, 0.3) is 0 Å². The summed E-state index contributed by atoms with van der Waals surface area (Å²) in [6, 6.07) is 0. The van der Waals surface area contributed by atoms with E-state index in [4.69, 9.17) is 19.9 Å². The minimum atomic E-state index is -1.38.